The molecule has 2 rings (SSSR count). The van der Waals surface area contributed by atoms with Gasteiger partial charge in [-0.15, -0.1) is 6.58 Å². The summed E-state index contributed by atoms with van der Waals surface area (Å²) in [5.41, 5.74) is 2.24. The van der Waals surface area contributed by atoms with Gasteiger partial charge in [-0.25, -0.2) is 4.98 Å². The van der Waals surface area contributed by atoms with Crippen molar-refractivity contribution >= 4 is 21.9 Å². The minimum atomic E-state index is 0.765. The molecule has 0 atom stereocenters. The van der Waals surface area contributed by atoms with Crippen molar-refractivity contribution in [2.45, 2.75) is 20.0 Å². The van der Waals surface area contributed by atoms with Crippen LogP contribution in [-0.4, -0.2) is 9.55 Å². The molecule has 0 saturated heterocycles. The second-order valence-corrected chi connectivity index (χ2v) is 5.04. The number of aryl methyl sites for hydroxylation is 1. The first kappa shape index (κ1) is 12.9. The molecular formula is C14H16BrN3. The van der Waals surface area contributed by atoms with Gasteiger partial charge in [0.25, 0.3) is 0 Å². The van der Waals surface area contributed by atoms with E-state index in [1.54, 1.807) is 0 Å². The number of hydrogen-bond acceptors (Lipinski definition) is 2. The maximum atomic E-state index is 4.46. The summed E-state index contributed by atoms with van der Waals surface area (Å²) in [7, 11) is 0. The molecule has 3 nitrogen and oxygen atoms in total. The van der Waals surface area contributed by atoms with E-state index >= 15 is 0 Å². The van der Waals surface area contributed by atoms with Crippen LogP contribution in [0.15, 0.2) is 47.6 Å². The number of benzene rings is 1. The normalized spacial score (nSPS) is 10.3. The van der Waals surface area contributed by atoms with Crippen LogP contribution >= 0.6 is 15.9 Å². The smallest absolute Gasteiger partial charge is 0.203 e. The molecule has 0 fully saturated rings. The summed E-state index contributed by atoms with van der Waals surface area (Å²) in [5.74, 6) is 0.885. The average molecular weight is 306 g/mol. The predicted octanol–water partition coefficient (Wildman–Crippen LogP) is 3.75. The number of hydrogen-bond donors (Lipinski definition) is 1. The third-order valence-corrected chi connectivity index (χ3v) is 3.12. The highest BCUT2D eigenvalue weighted by atomic mass is 79.9. The minimum Gasteiger partial charge on any atom is -0.352 e. The van der Waals surface area contributed by atoms with E-state index in [4.69, 9.17) is 0 Å². The Morgan fingerprint density at radius 1 is 1.39 bits per heavy atom. The molecule has 1 N–H and O–H groups in total. The molecule has 0 aliphatic carbocycles. The van der Waals surface area contributed by atoms with Gasteiger partial charge in [0.1, 0.15) is 0 Å². The number of nitrogens with zero attached hydrogens (tertiary/aromatic N) is 2. The number of aromatic nitrogens is 2. The van der Waals surface area contributed by atoms with E-state index in [9.17, 15) is 0 Å². The van der Waals surface area contributed by atoms with Gasteiger partial charge >= 0.3 is 0 Å². The number of anilines is 1. The lowest BCUT2D eigenvalue weighted by Crippen LogP contribution is -2.06. The number of allylic oxidation sites excluding steroid dienone is 1. The van der Waals surface area contributed by atoms with E-state index < -0.39 is 0 Å². The fourth-order valence-corrected chi connectivity index (χ4v) is 2.01. The molecule has 0 spiro atoms. The Bertz CT molecular complexity index is 528. The van der Waals surface area contributed by atoms with Gasteiger partial charge in [-0.2, -0.15) is 0 Å². The fraction of sp³-hybridized carbons (Fsp3) is 0.214. The molecule has 94 valence electrons. The maximum Gasteiger partial charge on any atom is 0.203 e. The van der Waals surface area contributed by atoms with Crippen molar-refractivity contribution in [1.82, 2.24) is 9.55 Å². The number of halogens is 1. The highest BCUT2D eigenvalue weighted by molar-refractivity contribution is 9.10. The summed E-state index contributed by atoms with van der Waals surface area (Å²) in [4.78, 5) is 4.46. The van der Waals surface area contributed by atoms with Crippen molar-refractivity contribution in [2.24, 2.45) is 0 Å². The Morgan fingerprint density at radius 2 is 2.11 bits per heavy atom. The monoisotopic (exact) mass is 305 g/mol. The first-order chi connectivity index (χ1) is 8.69. The summed E-state index contributed by atoms with van der Waals surface area (Å²) in [5, 5.41) is 3.34. The molecule has 0 amide bonds. The third-order valence-electron chi connectivity index (χ3n) is 2.59. The number of nitrogens with one attached hydrogen (secondary N) is 1. The van der Waals surface area contributed by atoms with Gasteiger partial charge in [-0.1, -0.05) is 34.1 Å². The lowest BCUT2D eigenvalue weighted by atomic mass is 10.2. The van der Waals surface area contributed by atoms with Crippen LogP contribution in [0.2, 0.25) is 0 Å². The van der Waals surface area contributed by atoms with Crippen LogP contribution in [-0.2, 0) is 13.1 Å². The second kappa shape index (κ2) is 5.87. The van der Waals surface area contributed by atoms with E-state index in [0.717, 1.165) is 29.2 Å². The molecule has 1 aromatic heterocycles. The van der Waals surface area contributed by atoms with Gasteiger partial charge in [0, 0.05) is 23.8 Å². The third kappa shape index (κ3) is 3.23. The molecule has 0 aliphatic heterocycles. The predicted molar refractivity (Wildman–Crippen MR) is 78.6 cm³/mol. The second-order valence-electron chi connectivity index (χ2n) is 4.13. The Balaban J connectivity index is 2.05. The van der Waals surface area contributed by atoms with E-state index in [1.165, 1.54) is 5.56 Å². The quantitative estimate of drug-likeness (QED) is 0.853. The molecule has 0 unspecified atom stereocenters. The zero-order valence-electron chi connectivity index (χ0n) is 10.4. The van der Waals surface area contributed by atoms with Gasteiger partial charge in [0.05, 0.1) is 5.69 Å². The lowest BCUT2D eigenvalue weighted by Gasteiger charge is -2.08. The van der Waals surface area contributed by atoms with Gasteiger partial charge in [-0.3, -0.25) is 0 Å². The summed E-state index contributed by atoms with van der Waals surface area (Å²) >= 11 is 3.43. The first-order valence-electron chi connectivity index (χ1n) is 5.82. The van der Waals surface area contributed by atoms with E-state index in [2.05, 4.69) is 49.5 Å². The largest absolute Gasteiger partial charge is 0.352 e. The van der Waals surface area contributed by atoms with Crippen LogP contribution in [0.4, 0.5) is 5.95 Å². The van der Waals surface area contributed by atoms with Crippen molar-refractivity contribution in [3.8, 4) is 0 Å². The molecule has 4 heteroatoms. The molecule has 0 aliphatic rings. The summed E-state index contributed by atoms with van der Waals surface area (Å²) < 4.78 is 3.15. The molecule has 1 aromatic carbocycles. The Morgan fingerprint density at radius 3 is 2.78 bits per heavy atom. The van der Waals surface area contributed by atoms with Crippen molar-refractivity contribution < 1.29 is 0 Å². The summed E-state index contributed by atoms with van der Waals surface area (Å²) in [6.45, 7) is 7.28. The molecule has 0 bridgehead atoms. The van der Waals surface area contributed by atoms with E-state index in [-0.39, 0.29) is 0 Å². The van der Waals surface area contributed by atoms with Crippen molar-refractivity contribution in [3.63, 3.8) is 0 Å². The molecular weight excluding hydrogens is 290 g/mol. The average Bonchev–Trinajstić information content (AvgIpc) is 2.70. The summed E-state index contributed by atoms with van der Waals surface area (Å²) in [6, 6.07) is 8.26. The first-order valence-corrected chi connectivity index (χ1v) is 6.61. The zero-order valence-corrected chi connectivity index (χ0v) is 11.9. The molecule has 18 heavy (non-hydrogen) atoms. The molecule has 2 aromatic rings. The van der Waals surface area contributed by atoms with Crippen molar-refractivity contribution in [2.75, 3.05) is 5.32 Å². The van der Waals surface area contributed by atoms with Gasteiger partial charge in [0.2, 0.25) is 5.95 Å². The molecule has 0 saturated carbocycles. The molecule has 0 radical (unpaired) electrons. The fourth-order valence-electron chi connectivity index (χ4n) is 1.75. The van der Waals surface area contributed by atoms with Crippen LogP contribution in [0.5, 0.6) is 0 Å². The topological polar surface area (TPSA) is 29.9 Å². The Labute approximate surface area is 116 Å². The highest BCUT2D eigenvalue weighted by Crippen LogP contribution is 2.13. The van der Waals surface area contributed by atoms with Crippen molar-refractivity contribution in [1.29, 1.82) is 0 Å². The molecule has 1 heterocycles. The number of imidazole rings is 1. The van der Waals surface area contributed by atoms with Gasteiger partial charge in [-0.05, 0) is 24.6 Å². The van der Waals surface area contributed by atoms with Gasteiger partial charge < -0.3 is 9.88 Å². The maximum absolute atomic E-state index is 4.46. The van der Waals surface area contributed by atoms with E-state index in [0.29, 0.717) is 0 Å². The minimum absolute atomic E-state index is 0.765. The van der Waals surface area contributed by atoms with Gasteiger partial charge in [0.15, 0.2) is 0 Å². The van der Waals surface area contributed by atoms with Crippen LogP contribution in [0.1, 0.15) is 11.3 Å². The SMILES string of the molecule is C=CCn1cc(C)nc1NCc1ccc(Br)cc1. The standard InChI is InChI=1S/C14H16BrN3/c1-3-8-18-10-11(2)17-14(18)16-9-12-4-6-13(15)7-5-12/h3-7,10H,1,8-9H2,2H3,(H,16,17). The van der Waals surface area contributed by atoms with Crippen molar-refractivity contribution in [3.05, 3.63) is 58.8 Å². The Hall–Kier alpha value is -1.55. The van der Waals surface area contributed by atoms with E-state index in [1.807, 2.05) is 31.3 Å². The summed E-state index contributed by atoms with van der Waals surface area (Å²) in [6.07, 6.45) is 3.89. The van der Waals surface area contributed by atoms with Crippen LogP contribution in [0, 0.1) is 6.92 Å². The van der Waals surface area contributed by atoms with Crippen LogP contribution in [0.25, 0.3) is 0 Å². The lowest BCUT2D eigenvalue weighted by molar-refractivity contribution is 0.819. The Kier molecular flexibility index (Phi) is 4.20. The van der Waals surface area contributed by atoms with Crippen LogP contribution < -0.4 is 5.32 Å². The van der Waals surface area contributed by atoms with Crippen LogP contribution in [0.3, 0.4) is 0 Å². The number of rotatable bonds is 5. The highest BCUT2D eigenvalue weighted by Gasteiger charge is 2.03. The zero-order chi connectivity index (χ0) is 13.0.